The average Bonchev–Trinajstić information content (AvgIpc) is 3.31. The fourth-order valence-corrected chi connectivity index (χ4v) is 5.67. The highest BCUT2D eigenvalue weighted by Gasteiger charge is 2.35. The zero-order valence-electron chi connectivity index (χ0n) is 22.9. The number of fused-ring (bicyclic) bond motifs is 1. The Balaban J connectivity index is 1.74. The van der Waals surface area contributed by atoms with Crippen LogP contribution in [0.1, 0.15) is 36.6 Å². The number of carbonyl (C=O) groups excluding carboxylic acids is 1. The van der Waals surface area contributed by atoms with Gasteiger partial charge in [-0.15, -0.1) is 0 Å². The largest absolute Gasteiger partial charge is 0.490 e. The number of hydrogen-bond donors (Lipinski definition) is 0. The summed E-state index contributed by atoms with van der Waals surface area (Å²) in [6, 6.07) is 21.1. The van der Waals surface area contributed by atoms with Crippen molar-refractivity contribution >= 4 is 29.1 Å². The minimum Gasteiger partial charge on any atom is -0.490 e. The van der Waals surface area contributed by atoms with E-state index in [9.17, 15) is 14.0 Å². The van der Waals surface area contributed by atoms with Crippen LogP contribution in [0, 0.1) is 17.1 Å². The van der Waals surface area contributed by atoms with Crippen LogP contribution in [0.3, 0.4) is 0 Å². The van der Waals surface area contributed by atoms with Crippen LogP contribution in [0.15, 0.2) is 88.2 Å². The number of carbonyl (C=O) groups is 1. The molecule has 212 valence electrons. The summed E-state index contributed by atoms with van der Waals surface area (Å²) < 4.78 is 32.4. The molecule has 10 heteroatoms. The summed E-state index contributed by atoms with van der Waals surface area (Å²) in [4.78, 5) is 32.7. The van der Waals surface area contributed by atoms with E-state index in [0.717, 1.165) is 0 Å². The van der Waals surface area contributed by atoms with Crippen molar-refractivity contribution in [3.63, 3.8) is 0 Å². The van der Waals surface area contributed by atoms with Gasteiger partial charge in [-0.3, -0.25) is 9.36 Å². The molecular formula is C32H26FN3O5S. The van der Waals surface area contributed by atoms with Crippen LogP contribution in [0.2, 0.25) is 0 Å². The Morgan fingerprint density at radius 2 is 1.81 bits per heavy atom. The number of esters is 1. The lowest BCUT2D eigenvalue weighted by Gasteiger charge is -2.25. The number of thiazole rings is 1. The molecule has 0 amide bonds. The number of nitriles is 1. The van der Waals surface area contributed by atoms with E-state index in [1.54, 1.807) is 43.3 Å². The minimum absolute atomic E-state index is 0.126. The van der Waals surface area contributed by atoms with Gasteiger partial charge in [0.1, 0.15) is 11.9 Å². The number of ether oxygens (including phenoxy) is 3. The Hall–Kier alpha value is -5.01. The Labute approximate surface area is 244 Å². The quantitative estimate of drug-likeness (QED) is 0.271. The van der Waals surface area contributed by atoms with Gasteiger partial charge in [0, 0.05) is 5.56 Å². The molecule has 0 fully saturated rings. The lowest BCUT2D eigenvalue weighted by Crippen LogP contribution is -2.40. The molecule has 0 aliphatic carbocycles. The molecule has 8 nitrogen and oxygen atoms in total. The summed E-state index contributed by atoms with van der Waals surface area (Å²) >= 11 is 1.17. The molecule has 1 aromatic heterocycles. The first kappa shape index (κ1) is 28.5. The fourth-order valence-electron chi connectivity index (χ4n) is 4.66. The summed E-state index contributed by atoms with van der Waals surface area (Å²) in [5.41, 5.74) is 2.08. The van der Waals surface area contributed by atoms with Crippen molar-refractivity contribution in [3.05, 3.63) is 121 Å². The predicted octanol–water partition coefficient (Wildman–Crippen LogP) is 4.38. The first-order valence-corrected chi connectivity index (χ1v) is 14.1. The van der Waals surface area contributed by atoms with E-state index >= 15 is 0 Å². The molecule has 0 spiro atoms. The van der Waals surface area contributed by atoms with Crippen LogP contribution in [-0.4, -0.2) is 30.4 Å². The Bertz CT molecular complexity index is 1870. The average molecular weight is 584 g/mol. The van der Waals surface area contributed by atoms with Crippen LogP contribution in [0.5, 0.6) is 11.5 Å². The maximum Gasteiger partial charge on any atom is 0.338 e. The first-order chi connectivity index (χ1) is 20.4. The molecule has 0 saturated heterocycles. The molecule has 1 atom stereocenters. The molecule has 1 aliphatic heterocycles. The monoisotopic (exact) mass is 583 g/mol. The van der Waals surface area contributed by atoms with Crippen molar-refractivity contribution in [2.24, 2.45) is 4.99 Å². The van der Waals surface area contributed by atoms with E-state index in [2.05, 4.69) is 0 Å². The van der Waals surface area contributed by atoms with E-state index in [4.69, 9.17) is 24.5 Å². The highest BCUT2D eigenvalue weighted by atomic mass is 32.1. The standard InChI is InChI=1S/C32H26FN3O5S/c1-3-39-25-18-20(10-15-24(25)41-17-16-34)19-26-30(37)36-29(22-11-13-23(33)14-12-22)27(31(38)40-4-2)28(35-32(36)42-26)21-8-6-5-7-9-21/h5-15,18-19,29H,3-4,17H2,1-2H3/b26-19-/t29-/m1/s1. The number of hydrogen-bond acceptors (Lipinski definition) is 8. The smallest absolute Gasteiger partial charge is 0.338 e. The van der Waals surface area contributed by atoms with Crippen molar-refractivity contribution in [2.75, 3.05) is 19.8 Å². The highest BCUT2D eigenvalue weighted by Crippen LogP contribution is 2.35. The van der Waals surface area contributed by atoms with Crippen LogP contribution in [-0.2, 0) is 9.53 Å². The van der Waals surface area contributed by atoms with Crippen LogP contribution in [0.4, 0.5) is 4.39 Å². The van der Waals surface area contributed by atoms with Gasteiger partial charge in [-0.1, -0.05) is 59.9 Å². The van der Waals surface area contributed by atoms with Gasteiger partial charge in [0.2, 0.25) is 0 Å². The summed E-state index contributed by atoms with van der Waals surface area (Å²) in [6.07, 6.45) is 1.71. The maximum atomic E-state index is 14.0. The Morgan fingerprint density at radius 3 is 2.50 bits per heavy atom. The predicted molar refractivity (Wildman–Crippen MR) is 156 cm³/mol. The third-order valence-electron chi connectivity index (χ3n) is 6.42. The fraction of sp³-hybridized carbons (Fsp3) is 0.188. The van der Waals surface area contributed by atoms with Crippen molar-refractivity contribution in [1.82, 2.24) is 4.57 Å². The van der Waals surface area contributed by atoms with Crippen molar-refractivity contribution in [2.45, 2.75) is 19.9 Å². The molecule has 0 radical (unpaired) electrons. The second-order valence-electron chi connectivity index (χ2n) is 9.07. The second kappa shape index (κ2) is 12.7. The van der Waals surface area contributed by atoms with Crippen LogP contribution < -0.4 is 24.4 Å². The maximum absolute atomic E-state index is 14.0. The van der Waals surface area contributed by atoms with E-state index in [1.807, 2.05) is 43.3 Å². The molecule has 3 aromatic carbocycles. The molecule has 0 bridgehead atoms. The first-order valence-electron chi connectivity index (χ1n) is 13.3. The Morgan fingerprint density at radius 1 is 1.05 bits per heavy atom. The third-order valence-corrected chi connectivity index (χ3v) is 7.40. The van der Waals surface area contributed by atoms with Gasteiger partial charge < -0.3 is 14.2 Å². The zero-order chi connectivity index (χ0) is 29.6. The molecule has 0 saturated carbocycles. The molecule has 1 aliphatic rings. The number of halogens is 1. The van der Waals surface area contributed by atoms with Crippen molar-refractivity contribution < 1.29 is 23.4 Å². The lowest BCUT2D eigenvalue weighted by molar-refractivity contribution is -0.138. The zero-order valence-corrected chi connectivity index (χ0v) is 23.7. The second-order valence-corrected chi connectivity index (χ2v) is 10.1. The van der Waals surface area contributed by atoms with Gasteiger partial charge >= 0.3 is 5.97 Å². The lowest BCUT2D eigenvalue weighted by atomic mass is 9.93. The summed E-state index contributed by atoms with van der Waals surface area (Å²) in [5.74, 6) is -0.198. The molecule has 2 heterocycles. The molecule has 0 unspecified atom stereocenters. The minimum atomic E-state index is -0.904. The summed E-state index contributed by atoms with van der Waals surface area (Å²) in [6.45, 7) is 3.91. The molecule has 0 N–H and O–H groups in total. The molecular weight excluding hydrogens is 557 g/mol. The van der Waals surface area contributed by atoms with Crippen molar-refractivity contribution in [3.8, 4) is 17.6 Å². The van der Waals surface area contributed by atoms with Gasteiger partial charge in [-0.05, 0) is 55.3 Å². The summed E-state index contributed by atoms with van der Waals surface area (Å²) in [5, 5.41) is 8.88. The summed E-state index contributed by atoms with van der Waals surface area (Å²) in [7, 11) is 0. The van der Waals surface area contributed by atoms with E-state index in [0.29, 0.717) is 49.8 Å². The molecule has 5 rings (SSSR count). The van der Waals surface area contributed by atoms with Gasteiger partial charge in [0.25, 0.3) is 5.56 Å². The van der Waals surface area contributed by atoms with Gasteiger partial charge in [0.15, 0.2) is 22.9 Å². The van der Waals surface area contributed by atoms with E-state index in [1.165, 1.54) is 28.0 Å². The van der Waals surface area contributed by atoms with Gasteiger partial charge in [0.05, 0.1) is 35.1 Å². The SMILES string of the molecule is CCOC(=O)C1=C(c2ccccc2)N=c2s/c(=C\c3ccc(OCC#N)c(OCC)c3)c(=O)n2[C@@H]1c1ccc(F)cc1. The number of aromatic nitrogens is 1. The van der Waals surface area contributed by atoms with Crippen molar-refractivity contribution in [1.29, 1.82) is 5.26 Å². The number of rotatable bonds is 9. The van der Waals surface area contributed by atoms with Crippen LogP contribution in [0.25, 0.3) is 11.8 Å². The van der Waals surface area contributed by atoms with E-state index in [-0.39, 0.29) is 24.3 Å². The highest BCUT2D eigenvalue weighted by molar-refractivity contribution is 7.07. The number of nitrogens with zero attached hydrogens (tertiary/aromatic N) is 3. The van der Waals surface area contributed by atoms with Gasteiger partial charge in [-0.2, -0.15) is 5.26 Å². The number of benzene rings is 3. The Kier molecular flexibility index (Phi) is 8.60. The van der Waals surface area contributed by atoms with Crippen LogP contribution >= 0.6 is 11.3 Å². The topological polar surface area (TPSA) is 103 Å². The normalized spacial score (nSPS) is 14.5. The third kappa shape index (κ3) is 5.73. The van der Waals surface area contributed by atoms with E-state index < -0.39 is 17.8 Å². The van der Waals surface area contributed by atoms with Gasteiger partial charge in [-0.25, -0.2) is 14.2 Å². The molecule has 42 heavy (non-hydrogen) atoms. The molecule has 4 aromatic rings.